The minimum Gasteiger partial charge on any atom is -0.341 e. The van der Waals surface area contributed by atoms with Gasteiger partial charge in [-0.05, 0) is 17.7 Å². The van der Waals surface area contributed by atoms with Crippen LogP contribution in [-0.2, 0) is 0 Å². The summed E-state index contributed by atoms with van der Waals surface area (Å²) in [6, 6.07) is 8.86. The van der Waals surface area contributed by atoms with E-state index in [0.717, 1.165) is 0 Å². The Morgan fingerprint density at radius 2 is 1.55 bits per heavy atom. The van der Waals surface area contributed by atoms with Crippen molar-refractivity contribution in [2.75, 3.05) is 6.54 Å². The molecule has 3 rings (SSSR count). The highest BCUT2D eigenvalue weighted by molar-refractivity contribution is 6.40. The van der Waals surface area contributed by atoms with Gasteiger partial charge in [-0.15, -0.1) is 0 Å². The SMILES string of the molecule is N#CCN1C=CC(=C2C(=O)c3ccccc3C2=O)C=C1. The highest BCUT2D eigenvalue weighted by atomic mass is 16.2. The number of rotatable bonds is 1. The van der Waals surface area contributed by atoms with Gasteiger partial charge in [0.25, 0.3) is 0 Å². The Labute approximate surface area is 115 Å². The first-order valence-corrected chi connectivity index (χ1v) is 6.14. The number of hydrogen-bond donors (Lipinski definition) is 0. The van der Waals surface area contributed by atoms with Gasteiger partial charge < -0.3 is 4.90 Å². The van der Waals surface area contributed by atoms with Crippen molar-refractivity contribution in [2.24, 2.45) is 0 Å². The third kappa shape index (κ3) is 1.77. The number of Topliss-reactive ketones (excluding diaryl/α,β-unsaturated/α-hetero) is 2. The van der Waals surface area contributed by atoms with Crippen molar-refractivity contribution in [2.45, 2.75) is 0 Å². The van der Waals surface area contributed by atoms with Crippen molar-refractivity contribution in [1.29, 1.82) is 5.26 Å². The van der Waals surface area contributed by atoms with Crippen LogP contribution in [-0.4, -0.2) is 23.0 Å². The van der Waals surface area contributed by atoms with Crippen molar-refractivity contribution in [3.8, 4) is 6.07 Å². The van der Waals surface area contributed by atoms with Gasteiger partial charge in [-0.25, -0.2) is 0 Å². The molecule has 1 heterocycles. The van der Waals surface area contributed by atoms with E-state index in [-0.39, 0.29) is 23.7 Å². The standard InChI is InChI=1S/C16H10N2O2/c17-7-10-18-8-5-11(6-9-18)14-15(19)12-3-1-2-4-13(12)16(14)20/h1-6,8-9H,10H2. The highest BCUT2D eigenvalue weighted by Gasteiger charge is 2.34. The summed E-state index contributed by atoms with van der Waals surface area (Å²) in [5, 5.41) is 8.62. The van der Waals surface area contributed by atoms with Crippen LogP contribution in [0.5, 0.6) is 0 Å². The van der Waals surface area contributed by atoms with E-state index < -0.39 is 0 Å². The van der Waals surface area contributed by atoms with Crippen molar-refractivity contribution in [3.05, 3.63) is 71.1 Å². The first-order chi connectivity index (χ1) is 9.72. The van der Waals surface area contributed by atoms with Gasteiger partial charge in [0.2, 0.25) is 0 Å². The third-order valence-corrected chi connectivity index (χ3v) is 3.30. The molecule has 0 saturated carbocycles. The Hall–Kier alpha value is -2.93. The summed E-state index contributed by atoms with van der Waals surface area (Å²) < 4.78 is 0. The van der Waals surface area contributed by atoms with Crippen LogP contribution in [0, 0.1) is 11.3 Å². The number of hydrogen-bond acceptors (Lipinski definition) is 4. The molecule has 20 heavy (non-hydrogen) atoms. The zero-order valence-corrected chi connectivity index (χ0v) is 10.5. The first kappa shape index (κ1) is 12.1. The fraction of sp³-hybridized carbons (Fsp3) is 0.0625. The molecule has 0 bridgehead atoms. The molecule has 4 nitrogen and oxygen atoms in total. The molecule has 0 fully saturated rings. The van der Waals surface area contributed by atoms with E-state index in [4.69, 9.17) is 5.26 Å². The van der Waals surface area contributed by atoms with Gasteiger partial charge in [-0.2, -0.15) is 5.26 Å². The second-order valence-electron chi connectivity index (χ2n) is 4.50. The predicted molar refractivity (Wildman–Crippen MR) is 72.7 cm³/mol. The van der Waals surface area contributed by atoms with Gasteiger partial charge in [-0.3, -0.25) is 9.59 Å². The maximum absolute atomic E-state index is 12.3. The summed E-state index contributed by atoms with van der Waals surface area (Å²) in [6.45, 7) is 0.234. The van der Waals surface area contributed by atoms with Crippen LogP contribution in [0.4, 0.5) is 0 Å². The molecule has 1 aromatic carbocycles. The molecular weight excluding hydrogens is 252 g/mol. The van der Waals surface area contributed by atoms with Crippen LogP contribution >= 0.6 is 0 Å². The van der Waals surface area contributed by atoms with Crippen LogP contribution in [0.2, 0.25) is 0 Å². The number of benzene rings is 1. The molecule has 2 aliphatic rings. The van der Waals surface area contributed by atoms with Crippen molar-refractivity contribution >= 4 is 11.6 Å². The van der Waals surface area contributed by atoms with E-state index in [0.29, 0.717) is 16.7 Å². The van der Waals surface area contributed by atoms with Crippen LogP contribution in [0.15, 0.2) is 60.0 Å². The Balaban J connectivity index is 2.02. The second-order valence-corrected chi connectivity index (χ2v) is 4.50. The molecule has 1 aliphatic heterocycles. The van der Waals surface area contributed by atoms with Gasteiger partial charge in [0.05, 0.1) is 11.6 Å². The predicted octanol–water partition coefficient (Wildman–Crippen LogP) is 2.23. The molecule has 0 spiro atoms. The Morgan fingerprint density at radius 3 is 2.05 bits per heavy atom. The molecule has 0 N–H and O–H groups in total. The Morgan fingerprint density at radius 1 is 1.00 bits per heavy atom. The van der Waals surface area contributed by atoms with Crippen LogP contribution in [0.25, 0.3) is 0 Å². The number of nitriles is 1. The van der Waals surface area contributed by atoms with Gasteiger partial charge in [0.15, 0.2) is 11.6 Å². The topological polar surface area (TPSA) is 61.2 Å². The minimum absolute atomic E-state index is 0.204. The molecular formula is C16H10N2O2. The number of carbonyl (C=O) groups excluding carboxylic acids is 2. The second kappa shape index (κ2) is 4.63. The molecule has 0 atom stereocenters. The number of ketones is 2. The fourth-order valence-corrected chi connectivity index (χ4v) is 2.32. The zero-order valence-electron chi connectivity index (χ0n) is 10.5. The largest absolute Gasteiger partial charge is 0.341 e. The summed E-state index contributed by atoms with van der Waals surface area (Å²) in [5.41, 5.74) is 1.71. The van der Waals surface area contributed by atoms with Gasteiger partial charge in [0.1, 0.15) is 6.54 Å². The molecule has 96 valence electrons. The first-order valence-electron chi connectivity index (χ1n) is 6.14. The number of allylic oxidation sites excluding steroid dienone is 4. The van der Waals surface area contributed by atoms with E-state index in [1.807, 2.05) is 6.07 Å². The van der Waals surface area contributed by atoms with Crippen molar-refractivity contribution in [1.82, 2.24) is 4.90 Å². The summed E-state index contributed by atoms with van der Waals surface area (Å²) in [6.07, 6.45) is 6.76. The summed E-state index contributed by atoms with van der Waals surface area (Å²) in [5.74, 6) is -0.465. The van der Waals surface area contributed by atoms with Crippen LogP contribution in [0.1, 0.15) is 20.7 Å². The normalized spacial score (nSPS) is 16.6. The molecule has 0 amide bonds. The smallest absolute Gasteiger partial charge is 0.198 e. The van der Waals surface area contributed by atoms with Gasteiger partial charge in [-0.1, -0.05) is 24.3 Å². The molecule has 0 unspecified atom stereocenters. The number of carbonyl (C=O) groups is 2. The van der Waals surface area contributed by atoms with Crippen LogP contribution < -0.4 is 0 Å². The fourth-order valence-electron chi connectivity index (χ4n) is 2.32. The summed E-state index contributed by atoms with van der Waals surface area (Å²) in [4.78, 5) is 26.3. The van der Waals surface area contributed by atoms with E-state index in [1.165, 1.54) is 0 Å². The molecule has 4 heteroatoms. The number of nitrogens with zero attached hydrogens (tertiary/aromatic N) is 2. The summed E-state index contributed by atoms with van der Waals surface area (Å²) >= 11 is 0. The quantitative estimate of drug-likeness (QED) is 0.442. The Bertz CT molecular complexity index is 695. The maximum atomic E-state index is 12.3. The maximum Gasteiger partial charge on any atom is 0.198 e. The van der Waals surface area contributed by atoms with Crippen LogP contribution in [0.3, 0.4) is 0 Å². The lowest BCUT2D eigenvalue weighted by Gasteiger charge is -2.15. The van der Waals surface area contributed by atoms with E-state index in [9.17, 15) is 9.59 Å². The van der Waals surface area contributed by atoms with E-state index in [2.05, 4.69) is 0 Å². The lowest BCUT2D eigenvalue weighted by molar-refractivity contribution is 0.0988. The average Bonchev–Trinajstić information content (AvgIpc) is 2.73. The zero-order chi connectivity index (χ0) is 14.1. The number of fused-ring (bicyclic) bond motifs is 1. The molecule has 1 aromatic rings. The third-order valence-electron chi connectivity index (χ3n) is 3.30. The van der Waals surface area contributed by atoms with Crippen molar-refractivity contribution < 1.29 is 9.59 Å². The highest BCUT2D eigenvalue weighted by Crippen LogP contribution is 2.29. The summed E-state index contributed by atoms with van der Waals surface area (Å²) in [7, 11) is 0. The molecule has 0 radical (unpaired) electrons. The lowest BCUT2D eigenvalue weighted by atomic mass is 10.0. The molecule has 0 saturated heterocycles. The van der Waals surface area contributed by atoms with E-state index >= 15 is 0 Å². The molecule has 1 aliphatic carbocycles. The monoisotopic (exact) mass is 262 g/mol. The van der Waals surface area contributed by atoms with Gasteiger partial charge >= 0.3 is 0 Å². The lowest BCUT2D eigenvalue weighted by Crippen LogP contribution is -2.13. The average molecular weight is 262 g/mol. The molecule has 0 aromatic heterocycles. The van der Waals surface area contributed by atoms with Crippen molar-refractivity contribution in [3.63, 3.8) is 0 Å². The minimum atomic E-state index is -0.233. The Kier molecular flexibility index (Phi) is 2.81. The van der Waals surface area contributed by atoms with Gasteiger partial charge in [0, 0.05) is 23.5 Å². The van der Waals surface area contributed by atoms with E-state index in [1.54, 1.807) is 53.7 Å².